The molecule has 2 aromatic rings. The van der Waals surface area contributed by atoms with Crippen LogP contribution in [-0.2, 0) is 12.8 Å². The number of rotatable bonds is 8. The van der Waals surface area contributed by atoms with Crippen LogP contribution in [0.4, 0.5) is 4.79 Å². The average molecular weight is 328 g/mol. The van der Waals surface area contributed by atoms with Crippen LogP contribution in [0.5, 0.6) is 5.75 Å². The van der Waals surface area contributed by atoms with Crippen LogP contribution in [0.25, 0.3) is 0 Å². The van der Waals surface area contributed by atoms with Crippen LogP contribution in [0.1, 0.15) is 11.1 Å². The maximum Gasteiger partial charge on any atom is 0.314 e. The molecule has 1 unspecified atom stereocenters. The lowest BCUT2D eigenvalue weighted by Gasteiger charge is -2.13. The predicted molar refractivity (Wildman–Crippen MR) is 94.3 cm³/mol. The standard InChI is InChI=1S/C19H24N2O3/c1-24-18-9-7-15(8-10-18)11-12-20-19(23)21-14-17(22)13-16-5-3-2-4-6-16/h2-10,17,22H,11-14H2,1H3,(H2,20,21,23). The van der Waals surface area contributed by atoms with Gasteiger partial charge in [-0.25, -0.2) is 4.79 Å². The molecule has 0 saturated carbocycles. The molecule has 0 aliphatic carbocycles. The monoisotopic (exact) mass is 328 g/mol. The molecular formula is C19H24N2O3. The number of hydrogen-bond acceptors (Lipinski definition) is 3. The van der Waals surface area contributed by atoms with Crippen molar-refractivity contribution >= 4 is 6.03 Å². The Morgan fingerprint density at radius 2 is 1.75 bits per heavy atom. The number of carbonyl (C=O) groups excluding carboxylic acids is 1. The second-order valence-electron chi connectivity index (χ2n) is 5.58. The van der Waals surface area contributed by atoms with E-state index in [0.717, 1.165) is 23.3 Å². The molecule has 0 saturated heterocycles. The first-order valence-electron chi connectivity index (χ1n) is 8.04. The summed E-state index contributed by atoms with van der Waals surface area (Å²) in [6, 6.07) is 17.2. The van der Waals surface area contributed by atoms with Crippen molar-refractivity contribution in [3.63, 3.8) is 0 Å². The molecule has 2 aromatic carbocycles. The summed E-state index contributed by atoms with van der Waals surface area (Å²) >= 11 is 0. The molecule has 0 radical (unpaired) electrons. The summed E-state index contributed by atoms with van der Waals surface area (Å²) in [4.78, 5) is 11.7. The zero-order chi connectivity index (χ0) is 17.2. The van der Waals surface area contributed by atoms with Gasteiger partial charge in [0.05, 0.1) is 13.2 Å². The number of carbonyl (C=O) groups is 1. The van der Waals surface area contributed by atoms with E-state index in [9.17, 15) is 9.90 Å². The Bertz CT molecular complexity index is 614. The molecule has 0 spiro atoms. The summed E-state index contributed by atoms with van der Waals surface area (Å²) in [5, 5.41) is 15.4. The maximum atomic E-state index is 11.7. The molecule has 0 aliphatic rings. The summed E-state index contributed by atoms with van der Waals surface area (Å²) in [5.74, 6) is 0.817. The highest BCUT2D eigenvalue weighted by Crippen LogP contribution is 2.11. The van der Waals surface area contributed by atoms with E-state index in [1.54, 1.807) is 7.11 Å². The topological polar surface area (TPSA) is 70.6 Å². The molecule has 0 aliphatic heterocycles. The molecular weight excluding hydrogens is 304 g/mol. The first kappa shape index (κ1) is 17.8. The highest BCUT2D eigenvalue weighted by molar-refractivity contribution is 5.73. The van der Waals surface area contributed by atoms with Crippen LogP contribution in [0.2, 0.25) is 0 Å². The van der Waals surface area contributed by atoms with Gasteiger partial charge in [0.15, 0.2) is 0 Å². The van der Waals surface area contributed by atoms with Crippen LogP contribution in [-0.4, -0.2) is 37.4 Å². The van der Waals surface area contributed by atoms with Gasteiger partial charge in [0, 0.05) is 19.5 Å². The second-order valence-corrected chi connectivity index (χ2v) is 5.58. The van der Waals surface area contributed by atoms with E-state index in [1.165, 1.54) is 0 Å². The fourth-order valence-electron chi connectivity index (χ4n) is 2.34. The van der Waals surface area contributed by atoms with Gasteiger partial charge in [-0.2, -0.15) is 0 Å². The quantitative estimate of drug-likeness (QED) is 0.695. The van der Waals surface area contributed by atoms with Gasteiger partial charge in [-0.1, -0.05) is 42.5 Å². The van der Waals surface area contributed by atoms with Gasteiger partial charge in [0.1, 0.15) is 5.75 Å². The average Bonchev–Trinajstić information content (AvgIpc) is 2.61. The number of benzene rings is 2. The van der Waals surface area contributed by atoms with Gasteiger partial charge in [-0.05, 0) is 29.7 Å². The largest absolute Gasteiger partial charge is 0.497 e. The van der Waals surface area contributed by atoms with E-state index < -0.39 is 6.10 Å². The lowest BCUT2D eigenvalue weighted by molar-refractivity contribution is 0.170. The fourth-order valence-corrected chi connectivity index (χ4v) is 2.34. The highest BCUT2D eigenvalue weighted by Gasteiger charge is 2.07. The number of nitrogens with one attached hydrogen (secondary N) is 2. The van der Waals surface area contributed by atoms with Crippen molar-refractivity contribution < 1.29 is 14.6 Å². The molecule has 5 heteroatoms. The van der Waals surface area contributed by atoms with E-state index in [0.29, 0.717) is 13.0 Å². The first-order chi connectivity index (χ1) is 11.7. The Hall–Kier alpha value is -2.53. The Balaban J connectivity index is 1.62. The number of amides is 2. The Morgan fingerprint density at radius 3 is 2.42 bits per heavy atom. The number of ether oxygens (including phenoxy) is 1. The maximum absolute atomic E-state index is 11.7. The summed E-state index contributed by atoms with van der Waals surface area (Å²) in [7, 11) is 1.63. The predicted octanol–water partition coefficient (Wildman–Crippen LogP) is 2.14. The van der Waals surface area contributed by atoms with E-state index in [1.807, 2.05) is 54.6 Å². The summed E-state index contributed by atoms with van der Waals surface area (Å²) in [6.45, 7) is 0.760. The Labute approximate surface area is 142 Å². The molecule has 128 valence electrons. The van der Waals surface area contributed by atoms with E-state index >= 15 is 0 Å². The lowest BCUT2D eigenvalue weighted by atomic mass is 10.1. The van der Waals surface area contributed by atoms with Gasteiger partial charge >= 0.3 is 6.03 Å². The number of hydrogen-bond donors (Lipinski definition) is 3. The molecule has 3 N–H and O–H groups in total. The molecule has 0 fully saturated rings. The minimum atomic E-state index is -0.597. The lowest BCUT2D eigenvalue weighted by Crippen LogP contribution is -2.41. The van der Waals surface area contributed by atoms with Crippen LogP contribution in [0.3, 0.4) is 0 Å². The highest BCUT2D eigenvalue weighted by atomic mass is 16.5. The second kappa shape index (κ2) is 9.57. The summed E-state index contributed by atoms with van der Waals surface area (Å²) in [6.07, 6.45) is 0.663. The molecule has 1 atom stereocenters. The third-order valence-corrected chi connectivity index (χ3v) is 3.67. The molecule has 24 heavy (non-hydrogen) atoms. The third kappa shape index (κ3) is 6.30. The summed E-state index contributed by atoms with van der Waals surface area (Å²) in [5.41, 5.74) is 2.17. The summed E-state index contributed by atoms with van der Waals surface area (Å²) < 4.78 is 5.11. The molecule has 2 amide bonds. The number of aliphatic hydroxyl groups is 1. The molecule has 2 rings (SSSR count). The number of methoxy groups -OCH3 is 1. The smallest absolute Gasteiger partial charge is 0.314 e. The van der Waals surface area contributed by atoms with Crippen molar-refractivity contribution in [3.05, 3.63) is 65.7 Å². The molecule has 5 nitrogen and oxygen atoms in total. The fraction of sp³-hybridized carbons (Fsp3) is 0.316. The molecule has 0 heterocycles. The van der Waals surface area contributed by atoms with E-state index in [-0.39, 0.29) is 12.6 Å². The zero-order valence-corrected chi connectivity index (χ0v) is 13.9. The Kier molecular flexibility index (Phi) is 7.11. The van der Waals surface area contributed by atoms with Crippen LogP contribution < -0.4 is 15.4 Å². The van der Waals surface area contributed by atoms with Crippen LogP contribution >= 0.6 is 0 Å². The van der Waals surface area contributed by atoms with Crippen molar-refractivity contribution in [3.8, 4) is 5.75 Å². The van der Waals surface area contributed by atoms with Crippen molar-refractivity contribution in [1.29, 1.82) is 0 Å². The van der Waals surface area contributed by atoms with Crippen LogP contribution in [0.15, 0.2) is 54.6 Å². The minimum absolute atomic E-state index is 0.225. The van der Waals surface area contributed by atoms with E-state index in [4.69, 9.17) is 4.74 Å². The van der Waals surface area contributed by atoms with Crippen molar-refractivity contribution in [2.24, 2.45) is 0 Å². The van der Waals surface area contributed by atoms with Crippen LogP contribution in [0, 0.1) is 0 Å². The zero-order valence-electron chi connectivity index (χ0n) is 13.9. The van der Waals surface area contributed by atoms with Gasteiger partial charge in [-0.3, -0.25) is 0 Å². The van der Waals surface area contributed by atoms with Crippen molar-refractivity contribution in [2.75, 3.05) is 20.2 Å². The Morgan fingerprint density at radius 1 is 1.04 bits per heavy atom. The SMILES string of the molecule is COc1ccc(CCNC(=O)NCC(O)Cc2ccccc2)cc1. The minimum Gasteiger partial charge on any atom is -0.497 e. The van der Waals surface area contributed by atoms with Gasteiger partial charge in [-0.15, -0.1) is 0 Å². The number of aliphatic hydroxyl groups excluding tert-OH is 1. The molecule has 0 bridgehead atoms. The van der Waals surface area contributed by atoms with Gasteiger partial charge in [0.2, 0.25) is 0 Å². The normalized spacial score (nSPS) is 11.6. The number of urea groups is 1. The van der Waals surface area contributed by atoms with Gasteiger partial charge in [0.25, 0.3) is 0 Å². The first-order valence-corrected chi connectivity index (χ1v) is 8.04. The van der Waals surface area contributed by atoms with E-state index in [2.05, 4.69) is 10.6 Å². The van der Waals surface area contributed by atoms with Crippen molar-refractivity contribution in [1.82, 2.24) is 10.6 Å². The molecule has 0 aromatic heterocycles. The third-order valence-electron chi connectivity index (χ3n) is 3.67. The van der Waals surface area contributed by atoms with Crippen molar-refractivity contribution in [2.45, 2.75) is 18.9 Å². The van der Waals surface area contributed by atoms with Gasteiger partial charge < -0.3 is 20.5 Å².